The zero-order valence-electron chi connectivity index (χ0n) is 14.4. The molecule has 4 rings (SSSR count). The third-order valence-electron chi connectivity index (χ3n) is 4.30. The van der Waals surface area contributed by atoms with Gasteiger partial charge in [0.15, 0.2) is 10.4 Å². The molecule has 0 radical (unpaired) electrons. The largest absolute Gasteiger partial charge is 0.444 e. The molecule has 0 aliphatic carbocycles. The first-order valence-corrected chi connectivity index (χ1v) is 10.1. The number of amides is 2. The first-order valence-electron chi connectivity index (χ1n) is 8.48. The molecule has 1 saturated heterocycles. The van der Waals surface area contributed by atoms with Gasteiger partial charge in [0.1, 0.15) is 10.8 Å². The van der Waals surface area contributed by atoms with E-state index >= 15 is 0 Å². The van der Waals surface area contributed by atoms with E-state index in [9.17, 15) is 14.0 Å². The van der Waals surface area contributed by atoms with E-state index in [0.29, 0.717) is 21.9 Å². The molecule has 1 atom stereocenters. The Hall–Kier alpha value is -2.59. The first-order chi connectivity index (χ1) is 13.5. The second-order valence-electron chi connectivity index (χ2n) is 6.17. The molecule has 0 unspecified atom stereocenters. The molecule has 2 aromatic heterocycles. The molecule has 3 heterocycles. The number of carbonyl (C=O) groups excluding carboxylic acids is 2. The molecule has 0 bridgehead atoms. The number of halogens is 2. The Balaban J connectivity index is 1.50. The van der Waals surface area contributed by atoms with Crippen LogP contribution in [0, 0.1) is 5.82 Å². The molecule has 2 amide bonds. The third-order valence-corrected chi connectivity index (χ3v) is 5.75. The molecule has 144 valence electrons. The topological polar surface area (TPSA) is 88.3 Å². The molecule has 3 aromatic rings. The van der Waals surface area contributed by atoms with E-state index in [-0.39, 0.29) is 22.7 Å². The molecule has 1 fully saturated rings. The first kappa shape index (κ1) is 18.8. The number of likely N-dealkylation sites (tertiary alicyclic amines) is 1. The van der Waals surface area contributed by atoms with Crippen LogP contribution in [0.3, 0.4) is 0 Å². The van der Waals surface area contributed by atoms with Crippen molar-refractivity contribution >= 4 is 44.8 Å². The van der Waals surface area contributed by atoms with Gasteiger partial charge in [0.05, 0.1) is 6.04 Å². The number of rotatable bonds is 4. The summed E-state index contributed by atoms with van der Waals surface area (Å²) < 4.78 is 19.1. The van der Waals surface area contributed by atoms with Crippen LogP contribution >= 0.6 is 27.3 Å². The van der Waals surface area contributed by atoms with E-state index in [1.807, 2.05) is 0 Å². The smallest absolute Gasteiger partial charge is 0.290 e. The van der Waals surface area contributed by atoms with E-state index in [1.165, 1.54) is 18.2 Å². The molecule has 0 spiro atoms. The minimum absolute atomic E-state index is 0.152. The summed E-state index contributed by atoms with van der Waals surface area (Å²) in [6, 6.07) is 8.62. The van der Waals surface area contributed by atoms with Gasteiger partial charge in [-0.25, -0.2) is 4.39 Å². The number of anilines is 1. The van der Waals surface area contributed by atoms with Crippen molar-refractivity contribution in [2.45, 2.75) is 18.9 Å². The second kappa shape index (κ2) is 7.80. The van der Waals surface area contributed by atoms with Crippen LogP contribution in [0.1, 0.15) is 44.2 Å². The summed E-state index contributed by atoms with van der Waals surface area (Å²) >= 11 is 4.32. The van der Waals surface area contributed by atoms with Gasteiger partial charge in [-0.15, -0.1) is 10.2 Å². The Morgan fingerprint density at radius 1 is 1.29 bits per heavy atom. The van der Waals surface area contributed by atoms with E-state index in [1.54, 1.807) is 23.1 Å². The summed E-state index contributed by atoms with van der Waals surface area (Å²) in [5.74, 6) is -0.901. The highest BCUT2D eigenvalue weighted by Crippen LogP contribution is 2.35. The van der Waals surface area contributed by atoms with Gasteiger partial charge >= 0.3 is 0 Å². The maximum atomic E-state index is 13.3. The number of hydrogen-bond donors (Lipinski definition) is 1. The predicted molar refractivity (Wildman–Crippen MR) is 104 cm³/mol. The molecule has 7 nitrogen and oxygen atoms in total. The quantitative estimate of drug-likeness (QED) is 0.622. The molecule has 0 saturated carbocycles. The lowest BCUT2D eigenvalue weighted by Gasteiger charge is -2.21. The fraction of sp³-hybridized carbons (Fsp3) is 0.222. The van der Waals surface area contributed by atoms with Gasteiger partial charge < -0.3 is 14.6 Å². The molecule has 1 aliphatic heterocycles. The zero-order chi connectivity index (χ0) is 19.7. The standard InChI is InChI=1S/C18H14BrFN4O3S/c19-14-7-6-13(27-14)18(26)24-8-2-5-12(24)16-22-23-17(28-16)15(25)21-11-4-1-3-10(20)9-11/h1,3-4,6-7,9,12H,2,5,8H2,(H,21,25)/t12-/m0/s1. The van der Waals surface area contributed by atoms with Crippen molar-refractivity contribution in [1.82, 2.24) is 15.1 Å². The summed E-state index contributed by atoms with van der Waals surface area (Å²) in [6.45, 7) is 0.576. The van der Waals surface area contributed by atoms with Crippen molar-refractivity contribution in [1.29, 1.82) is 0 Å². The maximum absolute atomic E-state index is 13.3. The van der Waals surface area contributed by atoms with Crippen LogP contribution in [0.4, 0.5) is 10.1 Å². The number of hydrogen-bond acceptors (Lipinski definition) is 6. The van der Waals surface area contributed by atoms with Gasteiger partial charge in [0.2, 0.25) is 5.01 Å². The highest BCUT2D eigenvalue weighted by molar-refractivity contribution is 9.10. The summed E-state index contributed by atoms with van der Waals surface area (Å²) in [5.41, 5.74) is 0.336. The summed E-state index contributed by atoms with van der Waals surface area (Å²) in [5, 5.41) is 11.4. The van der Waals surface area contributed by atoms with Gasteiger partial charge in [-0.05, 0) is 59.1 Å². The van der Waals surface area contributed by atoms with Crippen LogP contribution in [0.5, 0.6) is 0 Å². The molecular formula is C18H14BrFN4O3S. The van der Waals surface area contributed by atoms with Crippen molar-refractivity contribution in [2.75, 3.05) is 11.9 Å². The molecule has 28 heavy (non-hydrogen) atoms. The molecule has 1 N–H and O–H groups in total. The van der Waals surface area contributed by atoms with Crippen LogP contribution in [-0.2, 0) is 0 Å². The van der Waals surface area contributed by atoms with Gasteiger partial charge in [0.25, 0.3) is 11.8 Å². The second-order valence-corrected chi connectivity index (χ2v) is 7.96. The minimum Gasteiger partial charge on any atom is -0.444 e. The van der Waals surface area contributed by atoms with Gasteiger partial charge in [-0.2, -0.15) is 0 Å². The van der Waals surface area contributed by atoms with Crippen molar-refractivity contribution in [3.8, 4) is 0 Å². The monoisotopic (exact) mass is 464 g/mol. The average molecular weight is 465 g/mol. The normalized spacial score (nSPS) is 16.4. The Morgan fingerprint density at radius 3 is 2.89 bits per heavy atom. The third kappa shape index (κ3) is 3.83. The van der Waals surface area contributed by atoms with Crippen LogP contribution in [0.2, 0.25) is 0 Å². The highest BCUT2D eigenvalue weighted by atomic mass is 79.9. The van der Waals surface area contributed by atoms with E-state index in [4.69, 9.17) is 4.42 Å². The number of benzene rings is 1. The maximum Gasteiger partial charge on any atom is 0.290 e. The number of carbonyl (C=O) groups is 2. The lowest BCUT2D eigenvalue weighted by Crippen LogP contribution is -2.30. The number of aromatic nitrogens is 2. The number of nitrogens with one attached hydrogen (secondary N) is 1. The lowest BCUT2D eigenvalue weighted by atomic mass is 10.2. The van der Waals surface area contributed by atoms with Crippen LogP contribution < -0.4 is 5.32 Å². The van der Waals surface area contributed by atoms with Crippen LogP contribution in [0.25, 0.3) is 0 Å². The molecule has 10 heteroatoms. The predicted octanol–water partition coefficient (Wildman–Crippen LogP) is 4.26. The number of furan rings is 1. The Morgan fingerprint density at radius 2 is 2.14 bits per heavy atom. The Bertz CT molecular complexity index is 1040. The summed E-state index contributed by atoms with van der Waals surface area (Å²) in [7, 11) is 0. The van der Waals surface area contributed by atoms with E-state index in [0.717, 1.165) is 24.2 Å². The fourth-order valence-electron chi connectivity index (χ4n) is 3.05. The number of nitrogens with zero attached hydrogens (tertiary/aromatic N) is 3. The minimum atomic E-state index is -0.472. The Kier molecular flexibility index (Phi) is 5.23. The Labute approximate surface area is 171 Å². The van der Waals surface area contributed by atoms with Crippen LogP contribution in [0.15, 0.2) is 45.5 Å². The lowest BCUT2D eigenvalue weighted by molar-refractivity contribution is 0.0701. The van der Waals surface area contributed by atoms with E-state index < -0.39 is 11.7 Å². The highest BCUT2D eigenvalue weighted by Gasteiger charge is 2.34. The molecule has 1 aromatic carbocycles. The van der Waals surface area contributed by atoms with Crippen LogP contribution in [-0.4, -0.2) is 33.5 Å². The average Bonchev–Trinajstić information content (AvgIpc) is 3.41. The SMILES string of the molecule is O=C(Nc1cccc(F)c1)c1nnc([C@@H]2CCCN2C(=O)c2ccc(Br)o2)s1. The van der Waals surface area contributed by atoms with Crippen molar-refractivity contribution in [3.63, 3.8) is 0 Å². The zero-order valence-corrected chi connectivity index (χ0v) is 16.8. The van der Waals surface area contributed by atoms with Gasteiger partial charge in [-0.3, -0.25) is 9.59 Å². The summed E-state index contributed by atoms with van der Waals surface area (Å²) in [4.78, 5) is 26.8. The van der Waals surface area contributed by atoms with Gasteiger partial charge in [0, 0.05) is 12.2 Å². The van der Waals surface area contributed by atoms with Gasteiger partial charge in [-0.1, -0.05) is 17.4 Å². The van der Waals surface area contributed by atoms with Crippen molar-refractivity contribution < 1.29 is 18.4 Å². The summed E-state index contributed by atoms with van der Waals surface area (Å²) in [6.07, 6.45) is 1.55. The molecular weight excluding hydrogens is 451 g/mol. The fourth-order valence-corrected chi connectivity index (χ4v) is 4.24. The van der Waals surface area contributed by atoms with Crippen molar-refractivity contribution in [2.24, 2.45) is 0 Å². The van der Waals surface area contributed by atoms with E-state index in [2.05, 4.69) is 31.4 Å². The van der Waals surface area contributed by atoms with Crippen molar-refractivity contribution in [3.05, 3.63) is 62.7 Å². The molecule has 1 aliphatic rings.